The van der Waals surface area contributed by atoms with E-state index in [1.807, 2.05) is 49.4 Å². The molecule has 2 heterocycles. The molecule has 1 saturated heterocycles. The fourth-order valence-corrected chi connectivity index (χ4v) is 5.48. The topological polar surface area (TPSA) is 71.6 Å². The monoisotopic (exact) mass is 414 g/mol. The van der Waals surface area contributed by atoms with E-state index in [1.165, 1.54) is 0 Å². The zero-order chi connectivity index (χ0) is 21.5. The number of hydrogen-bond donors (Lipinski definition) is 1. The number of carbonyl (C=O) groups is 2. The molecular weight excluding hydrogens is 392 g/mol. The normalized spacial score (nSPS) is 23.2. The molecule has 1 aromatic heterocycles. The maximum Gasteiger partial charge on any atom is 0.274 e. The number of benzene rings is 2. The van der Waals surface area contributed by atoms with E-state index in [0.29, 0.717) is 23.7 Å². The Morgan fingerprint density at radius 2 is 2.00 bits per heavy atom. The Morgan fingerprint density at radius 3 is 2.77 bits per heavy atom. The molecule has 2 aliphatic carbocycles. The van der Waals surface area contributed by atoms with Gasteiger partial charge in [0.15, 0.2) is 5.78 Å². The first kappa shape index (κ1) is 18.2. The van der Waals surface area contributed by atoms with Crippen LogP contribution in [0.1, 0.15) is 38.4 Å². The van der Waals surface area contributed by atoms with Crippen molar-refractivity contribution in [3.63, 3.8) is 0 Å². The van der Waals surface area contributed by atoms with Crippen molar-refractivity contribution < 1.29 is 19.1 Å². The van der Waals surface area contributed by atoms with Gasteiger partial charge in [0, 0.05) is 28.8 Å². The Balaban J connectivity index is 1.44. The highest BCUT2D eigenvalue weighted by atomic mass is 16.5. The van der Waals surface area contributed by atoms with E-state index in [0.717, 1.165) is 39.7 Å². The number of hydrogen-bond acceptors (Lipinski definition) is 4. The fraction of sp³-hybridized carbons (Fsp3) is 0.280. The number of H-pyrrole nitrogens is 1. The lowest BCUT2D eigenvalue weighted by molar-refractivity contribution is 0.0799. The van der Waals surface area contributed by atoms with Crippen LogP contribution in [0.2, 0.25) is 0 Å². The fourth-order valence-electron chi connectivity index (χ4n) is 5.48. The molecule has 6 heteroatoms. The third-order valence-electron chi connectivity index (χ3n) is 7.13. The number of nitrogens with one attached hydrogen (secondary N) is 1. The van der Waals surface area contributed by atoms with Gasteiger partial charge in [0.05, 0.1) is 25.2 Å². The number of methoxy groups -OCH3 is 2. The first-order valence-electron chi connectivity index (χ1n) is 10.4. The molecule has 3 aromatic rings. The summed E-state index contributed by atoms with van der Waals surface area (Å²) in [4.78, 5) is 31.9. The van der Waals surface area contributed by atoms with E-state index in [9.17, 15) is 9.59 Å². The van der Waals surface area contributed by atoms with Crippen LogP contribution in [-0.2, 0) is 0 Å². The Labute approximate surface area is 179 Å². The number of aromatic nitrogens is 1. The largest absolute Gasteiger partial charge is 0.496 e. The van der Waals surface area contributed by atoms with Crippen molar-refractivity contribution in [2.75, 3.05) is 20.8 Å². The van der Waals surface area contributed by atoms with Gasteiger partial charge in [0.1, 0.15) is 17.2 Å². The van der Waals surface area contributed by atoms with Gasteiger partial charge >= 0.3 is 0 Å². The summed E-state index contributed by atoms with van der Waals surface area (Å²) in [6.45, 7) is 2.49. The number of nitrogens with zero attached hydrogens (tertiary/aromatic N) is 1. The minimum atomic E-state index is -0.520. The quantitative estimate of drug-likeness (QED) is 0.698. The summed E-state index contributed by atoms with van der Waals surface area (Å²) in [6.07, 6.45) is 2.85. The number of carbonyl (C=O) groups excluding carboxylic acids is 2. The first-order chi connectivity index (χ1) is 15.0. The summed E-state index contributed by atoms with van der Waals surface area (Å²) in [7, 11) is 3.23. The summed E-state index contributed by atoms with van der Waals surface area (Å²) in [6, 6.07) is 11.4. The molecule has 2 aromatic carbocycles. The second-order valence-corrected chi connectivity index (χ2v) is 8.62. The van der Waals surface area contributed by atoms with Gasteiger partial charge in [-0.2, -0.15) is 0 Å². The molecule has 6 rings (SSSR count). The van der Waals surface area contributed by atoms with Gasteiger partial charge in [0.25, 0.3) is 5.91 Å². The Bertz CT molecular complexity index is 1330. The van der Waals surface area contributed by atoms with Gasteiger partial charge in [-0.15, -0.1) is 0 Å². The average molecular weight is 414 g/mol. The smallest absolute Gasteiger partial charge is 0.274 e. The summed E-state index contributed by atoms with van der Waals surface area (Å²) >= 11 is 0. The Hall–Kier alpha value is -3.54. The van der Waals surface area contributed by atoms with Crippen LogP contribution in [0.4, 0.5) is 0 Å². The van der Waals surface area contributed by atoms with Crippen molar-refractivity contribution in [3.05, 3.63) is 64.5 Å². The summed E-state index contributed by atoms with van der Waals surface area (Å²) in [5.74, 6) is 1.60. The zero-order valence-corrected chi connectivity index (χ0v) is 17.6. The number of fused-ring (bicyclic) bond motifs is 2. The molecule has 31 heavy (non-hydrogen) atoms. The van der Waals surface area contributed by atoms with E-state index in [-0.39, 0.29) is 17.6 Å². The minimum absolute atomic E-state index is 0.125. The van der Waals surface area contributed by atoms with Gasteiger partial charge in [-0.3, -0.25) is 9.59 Å². The average Bonchev–Trinajstić information content (AvgIpc) is 3.17. The van der Waals surface area contributed by atoms with Gasteiger partial charge in [-0.1, -0.05) is 24.3 Å². The molecule has 1 N–H and O–H groups in total. The van der Waals surface area contributed by atoms with Gasteiger partial charge in [-0.25, -0.2) is 0 Å². The van der Waals surface area contributed by atoms with Crippen molar-refractivity contribution in [2.45, 2.75) is 13.3 Å². The molecule has 3 aliphatic rings. The molecular formula is C25H22N2O4. The summed E-state index contributed by atoms with van der Waals surface area (Å²) in [5, 5.41) is 0.848. The number of Topliss-reactive ketones (excluding diaryl/α,β-unsaturated/α-hetero) is 1. The minimum Gasteiger partial charge on any atom is -0.496 e. The molecule has 1 amide bonds. The Kier molecular flexibility index (Phi) is 3.53. The summed E-state index contributed by atoms with van der Waals surface area (Å²) < 4.78 is 11.1. The number of aromatic amines is 1. The van der Waals surface area contributed by atoms with Crippen LogP contribution < -0.4 is 9.47 Å². The van der Waals surface area contributed by atoms with E-state index < -0.39 is 5.41 Å². The summed E-state index contributed by atoms with van der Waals surface area (Å²) in [5.41, 5.74) is 4.08. The molecule has 6 nitrogen and oxygen atoms in total. The molecule has 2 atom stereocenters. The highest BCUT2D eigenvalue weighted by Crippen LogP contribution is 2.67. The highest BCUT2D eigenvalue weighted by Gasteiger charge is 2.69. The van der Waals surface area contributed by atoms with Crippen molar-refractivity contribution >= 4 is 28.7 Å². The molecule has 0 bridgehead atoms. The van der Waals surface area contributed by atoms with Crippen LogP contribution in [-0.4, -0.2) is 42.3 Å². The molecule has 1 saturated carbocycles. The predicted octanol–water partition coefficient (Wildman–Crippen LogP) is 4.19. The maximum absolute atomic E-state index is 13.6. The lowest BCUT2D eigenvalue weighted by Crippen LogP contribution is -2.34. The predicted molar refractivity (Wildman–Crippen MR) is 116 cm³/mol. The molecule has 1 spiro atoms. The number of allylic oxidation sites excluding steroid dienone is 1. The second kappa shape index (κ2) is 6.00. The van der Waals surface area contributed by atoms with E-state index in [1.54, 1.807) is 19.1 Å². The van der Waals surface area contributed by atoms with E-state index >= 15 is 0 Å². The van der Waals surface area contributed by atoms with Crippen molar-refractivity contribution in [1.29, 1.82) is 0 Å². The van der Waals surface area contributed by atoms with Crippen molar-refractivity contribution in [3.8, 4) is 11.5 Å². The lowest BCUT2D eigenvalue weighted by atomic mass is 9.83. The first-order valence-corrected chi connectivity index (χ1v) is 10.4. The molecule has 2 unspecified atom stereocenters. The van der Waals surface area contributed by atoms with Gasteiger partial charge in [-0.05, 0) is 43.0 Å². The lowest BCUT2D eigenvalue weighted by Gasteiger charge is -2.28. The third kappa shape index (κ3) is 2.22. The van der Waals surface area contributed by atoms with Crippen LogP contribution in [0.25, 0.3) is 17.0 Å². The van der Waals surface area contributed by atoms with Crippen LogP contribution in [0, 0.1) is 18.3 Å². The van der Waals surface area contributed by atoms with Crippen molar-refractivity contribution in [1.82, 2.24) is 9.88 Å². The van der Waals surface area contributed by atoms with Crippen LogP contribution in [0.15, 0.2) is 42.1 Å². The third-order valence-corrected chi connectivity index (χ3v) is 7.13. The number of piperidine rings is 1. The number of ketones is 1. The molecule has 1 aliphatic heterocycles. The van der Waals surface area contributed by atoms with Gasteiger partial charge in [0.2, 0.25) is 0 Å². The number of ether oxygens (including phenoxy) is 2. The van der Waals surface area contributed by atoms with Crippen molar-refractivity contribution in [2.24, 2.45) is 11.3 Å². The second-order valence-electron chi connectivity index (χ2n) is 8.62. The van der Waals surface area contributed by atoms with Crippen LogP contribution >= 0.6 is 0 Å². The van der Waals surface area contributed by atoms with E-state index in [2.05, 4.69) is 4.98 Å². The Morgan fingerprint density at radius 1 is 1.19 bits per heavy atom. The number of likely N-dealkylation sites (tertiary alicyclic amines) is 1. The standard InChI is InChI=1S/C25H22N2O4/c1-13-19(30-2)9-15-8-18(26-21(15)22(13)31-3)24(29)27-12-16-11-25(16)20(27)10-14-6-4-5-7-17(14)23(25)28/h4-10,16,26H,11-12H2,1-3H3. The maximum atomic E-state index is 13.6. The van der Waals surface area contributed by atoms with Crippen LogP contribution in [0.5, 0.6) is 11.5 Å². The SMILES string of the molecule is COc1cc2cc(C(=O)N3CC4CC45C(=O)c4ccccc4C=C35)[nH]c2c(OC)c1C. The van der Waals surface area contributed by atoms with E-state index in [4.69, 9.17) is 9.47 Å². The molecule has 2 fully saturated rings. The van der Waals surface area contributed by atoms with Crippen LogP contribution in [0.3, 0.4) is 0 Å². The molecule has 156 valence electrons. The zero-order valence-electron chi connectivity index (χ0n) is 17.6. The number of rotatable bonds is 3. The highest BCUT2D eigenvalue weighted by molar-refractivity contribution is 6.12. The van der Waals surface area contributed by atoms with Gasteiger partial charge < -0.3 is 19.4 Å². The molecule has 0 radical (unpaired) electrons. The number of amides is 1.